The van der Waals surface area contributed by atoms with Crippen molar-refractivity contribution in [3.8, 4) is 11.5 Å². The molecule has 2 aromatic rings. The second kappa shape index (κ2) is 5.87. The summed E-state index contributed by atoms with van der Waals surface area (Å²) >= 11 is 9.80. The van der Waals surface area contributed by atoms with E-state index in [9.17, 15) is 0 Å². The van der Waals surface area contributed by atoms with Crippen molar-refractivity contribution >= 4 is 27.5 Å². The second-order valence-electron chi connectivity index (χ2n) is 4.99. The van der Waals surface area contributed by atoms with Gasteiger partial charge >= 0.3 is 0 Å². The third-order valence-corrected chi connectivity index (χ3v) is 4.49. The minimum absolute atomic E-state index is 0.0900. The van der Waals surface area contributed by atoms with Gasteiger partial charge in [-0.05, 0) is 24.3 Å². The summed E-state index contributed by atoms with van der Waals surface area (Å²) in [4.78, 5) is 0. The van der Waals surface area contributed by atoms with Crippen LogP contribution < -0.4 is 15.2 Å². The Balaban J connectivity index is 2.03. The first-order valence-electron chi connectivity index (χ1n) is 6.64. The fourth-order valence-corrected chi connectivity index (χ4v) is 3.29. The Kier molecular flexibility index (Phi) is 4.11. The molecule has 0 saturated heterocycles. The molecule has 0 aromatic heterocycles. The minimum atomic E-state index is -0.217. The van der Waals surface area contributed by atoms with Gasteiger partial charge in [0.25, 0.3) is 0 Å². The lowest BCUT2D eigenvalue weighted by atomic mass is 9.93. The standard InChI is InChI=1S/C16H15BrClNO2/c1-20-13-4-2-3-11(18)16(13)15-8-12(19)10-6-5-9(17)7-14(10)21-15/h2-7,12,15H,8,19H2,1H3/t12-,15?/m1/s1. The number of fused-ring (bicyclic) bond motifs is 1. The Bertz CT molecular complexity index is 677. The first-order chi connectivity index (χ1) is 10.1. The van der Waals surface area contributed by atoms with Gasteiger partial charge in [-0.15, -0.1) is 0 Å². The maximum absolute atomic E-state index is 6.34. The van der Waals surface area contributed by atoms with E-state index in [1.165, 1.54) is 0 Å². The maximum atomic E-state index is 6.34. The SMILES string of the molecule is COc1cccc(Cl)c1C1C[C@@H](N)c2ccc(Br)cc2O1. The van der Waals surface area contributed by atoms with Gasteiger partial charge in [0.15, 0.2) is 0 Å². The molecule has 1 aliphatic rings. The molecule has 0 bridgehead atoms. The van der Waals surface area contributed by atoms with Gasteiger partial charge in [0.05, 0.1) is 17.7 Å². The molecule has 2 N–H and O–H groups in total. The van der Waals surface area contributed by atoms with E-state index in [1.54, 1.807) is 7.11 Å². The Morgan fingerprint density at radius 3 is 2.90 bits per heavy atom. The van der Waals surface area contributed by atoms with E-state index in [1.807, 2.05) is 36.4 Å². The van der Waals surface area contributed by atoms with Crippen LogP contribution in [0.3, 0.4) is 0 Å². The topological polar surface area (TPSA) is 44.5 Å². The quantitative estimate of drug-likeness (QED) is 0.840. The average Bonchev–Trinajstić information content (AvgIpc) is 2.46. The van der Waals surface area contributed by atoms with Gasteiger partial charge in [-0.1, -0.05) is 39.7 Å². The highest BCUT2D eigenvalue weighted by Gasteiger charge is 2.30. The first-order valence-corrected chi connectivity index (χ1v) is 7.81. The zero-order valence-corrected chi connectivity index (χ0v) is 13.8. The third-order valence-electron chi connectivity index (χ3n) is 3.67. The zero-order valence-electron chi connectivity index (χ0n) is 11.5. The molecular weight excluding hydrogens is 354 g/mol. The number of benzene rings is 2. The summed E-state index contributed by atoms with van der Waals surface area (Å²) < 4.78 is 12.5. The summed E-state index contributed by atoms with van der Waals surface area (Å²) in [6.07, 6.45) is 0.444. The molecule has 0 radical (unpaired) electrons. The van der Waals surface area contributed by atoms with Gasteiger partial charge in [0, 0.05) is 22.5 Å². The lowest BCUT2D eigenvalue weighted by molar-refractivity contribution is 0.158. The highest BCUT2D eigenvalue weighted by atomic mass is 79.9. The van der Waals surface area contributed by atoms with Gasteiger partial charge < -0.3 is 15.2 Å². The maximum Gasteiger partial charge on any atom is 0.131 e. The molecule has 21 heavy (non-hydrogen) atoms. The normalized spacial score (nSPS) is 20.6. The molecule has 3 rings (SSSR count). The van der Waals surface area contributed by atoms with Crippen LogP contribution in [-0.4, -0.2) is 7.11 Å². The number of halogens is 2. The molecule has 0 fully saturated rings. The number of hydrogen-bond donors (Lipinski definition) is 1. The molecule has 1 unspecified atom stereocenters. The van der Waals surface area contributed by atoms with Crippen molar-refractivity contribution in [3.05, 3.63) is 57.0 Å². The van der Waals surface area contributed by atoms with Crippen LogP contribution in [0.5, 0.6) is 11.5 Å². The number of methoxy groups -OCH3 is 1. The predicted molar refractivity (Wildman–Crippen MR) is 87.1 cm³/mol. The fraction of sp³-hybridized carbons (Fsp3) is 0.250. The molecule has 0 spiro atoms. The molecule has 3 nitrogen and oxygen atoms in total. The smallest absolute Gasteiger partial charge is 0.131 e. The van der Waals surface area contributed by atoms with Crippen molar-refractivity contribution in [1.29, 1.82) is 0 Å². The van der Waals surface area contributed by atoms with Gasteiger partial charge in [-0.25, -0.2) is 0 Å². The molecular formula is C16H15BrClNO2. The zero-order chi connectivity index (χ0) is 15.0. The van der Waals surface area contributed by atoms with E-state index in [0.29, 0.717) is 11.4 Å². The summed E-state index contributed by atoms with van der Waals surface area (Å²) in [5, 5.41) is 0.630. The van der Waals surface area contributed by atoms with Crippen LogP contribution in [0.1, 0.15) is 29.7 Å². The first kappa shape index (κ1) is 14.7. The summed E-state index contributed by atoms with van der Waals surface area (Å²) in [6.45, 7) is 0. The Hall–Kier alpha value is -1.23. The van der Waals surface area contributed by atoms with Crippen molar-refractivity contribution in [3.63, 3.8) is 0 Å². The lowest BCUT2D eigenvalue weighted by Gasteiger charge is -2.31. The molecule has 2 aromatic carbocycles. The van der Waals surface area contributed by atoms with Crippen LogP contribution in [0.25, 0.3) is 0 Å². The van der Waals surface area contributed by atoms with Gasteiger partial charge in [0.2, 0.25) is 0 Å². The summed E-state index contributed by atoms with van der Waals surface area (Å²) in [6, 6.07) is 11.4. The van der Waals surface area contributed by atoms with E-state index in [2.05, 4.69) is 15.9 Å². The molecule has 1 heterocycles. The summed E-state index contributed by atoms with van der Waals surface area (Å²) in [5.41, 5.74) is 8.15. The molecule has 2 atom stereocenters. The van der Waals surface area contributed by atoms with Crippen LogP contribution >= 0.6 is 27.5 Å². The van der Waals surface area contributed by atoms with Gasteiger partial charge in [-0.3, -0.25) is 0 Å². The van der Waals surface area contributed by atoms with Gasteiger partial charge in [-0.2, -0.15) is 0 Å². The number of ether oxygens (including phenoxy) is 2. The fourth-order valence-electron chi connectivity index (χ4n) is 2.66. The van der Waals surface area contributed by atoms with E-state index in [4.69, 9.17) is 26.8 Å². The van der Waals surface area contributed by atoms with Crippen LogP contribution in [-0.2, 0) is 0 Å². The largest absolute Gasteiger partial charge is 0.496 e. The van der Waals surface area contributed by atoms with Crippen molar-refractivity contribution in [2.45, 2.75) is 18.6 Å². The van der Waals surface area contributed by atoms with E-state index in [-0.39, 0.29) is 12.1 Å². The number of hydrogen-bond acceptors (Lipinski definition) is 3. The highest BCUT2D eigenvalue weighted by molar-refractivity contribution is 9.10. The van der Waals surface area contributed by atoms with Crippen LogP contribution in [0.15, 0.2) is 40.9 Å². The lowest BCUT2D eigenvalue weighted by Crippen LogP contribution is -2.24. The van der Waals surface area contributed by atoms with Crippen LogP contribution in [0.2, 0.25) is 5.02 Å². The van der Waals surface area contributed by atoms with Crippen LogP contribution in [0, 0.1) is 0 Å². The molecule has 5 heteroatoms. The minimum Gasteiger partial charge on any atom is -0.496 e. The average molecular weight is 369 g/mol. The second-order valence-corrected chi connectivity index (χ2v) is 6.31. The van der Waals surface area contributed by atoms with Crippen molar-refractivity contribution in [2.75, 3.05) is 7.11 Å². The molecule has 1 aliphatic heterocycles. The predicted octanol–water partition coefficient (Wildman–Crippen LogP) is 4.63. The molecule has 0 saturated carbocycles. The molecule has 0 amide bonds. The molecule has 110 valence electrons. The third kappa shape index (κ3) is 2.76. The number of rotatable bonds is 2. The Morgan fingerprint density at radius 2 is 2.14 bits per heavy atom. The summed E-state index contributed by atoms with van der Waals surface area (Å²) in [7, 11) is 1.63. The van der Waals surface area contributed by atoms with Crippen molar-refractivity contribution in [2.24, 2.45) is 5.73 Å². The van der Waals surface area contributed by atoms with Crippen LogP contribution in [0.4, 0.5) is 0 Å². The Labute approximate surface area is 137 Å². The highest BCUT2D eigenvalue weighted by Crippen LogP contribution is 2.44. The monoisotopic (exact) mass is 367 g/mol. The van der Waals surface area contributed by atoms with E-state index >= 15 is 0 Å². The van der Waals surface area contributed by atoms with E-state index < -0.39 is 0 Å². The summed E-state index contributed by atoms with van der Waals surface area (Å²) in [5.74, 6) is 1.51. The van der Waals surface area contributed by atoms with Crippen molar-refractivity contribution < 1.29 is 9.47 Å². The van der Waals surface area contributed by atoms with E-state index in [0.717, 1.165) is 27.1 Å². The van der Waals surface area contributed by atoms with Gasteiger partial charge in [0.1, 0.15) is 17.6 Å². The molecule has 0 aliphatic carbocycles. The van der Waals surface area contributed by atoms with Crippen molar-refractivity contribution in [1.82, 2.24) is 0 Å². The Morgan fingerprint density at radius 1 is 1.33 bits per heavy atom. The number of nitrogens with two attached hydrogens (primary N) is 1.